The van der Waals surface area contributed by atoms with Crippen molar-refractivity contribution in [3.63, 3.8) is 0 Å². The molecular formula is C12H19K2NO4. The van der Waals surface area contributed by atoms with Crippen LogP contribution in [-0.2, 0) is 9.59 Å². The maximum absolute atomic E-state index is 10.4. The fourth-order valence-electron chi connectivity index (χ4n) is 1.41. The summed E-state index contributed by atoms with van der Waals surface area (Å²) in [5.74, 6) is -2.54. The smallest absolute Gasteiger partial charge is 0.549 e. The number of rotatable bonds is 10. The average molecular weight is 319 g/mol. The molecule has 0 aliphatic carbocycles. The number of carbonyl (C=O) groups is 2. The fraction of sp³-hybridized carbons (Fsp3) is 0.667. The molecule has 0 N–H and O–H groups in total. The van der Waals surface area contributed by atoms with E-state index in [1.807, 2.05) is 6.08 Å². The standard InChI is InChI=1S/C12H21NO4.2K/c1-2-3-4-5-6-7-8-13(9-11(14)15)10-12(16)17;;/h4-5H,2-3,6-10H2,1H3,(H,14,15)(H,16,17);;/q;2*+1/p-2/b5-4+;;. The average Bonchev–Trinajstić information content (AvgIpc) is 2.21. The summed E-state index contributed by atoms with van der Waals surface area (Å²) in [6.45, 7) is 1.77. The number of carboxylic acids is 2. The molecule has 0 saturated heterocycles. The van der Waals surface area contributed by atoms with Crippen molar-refractivity contribution in [1.82, 2.24) is 4.90 Å². The minimum Gasteiger partial charge on any atom is -0.549 e. The molecule has 0 spiro atoms. The Bertz CT molecular complexity index is 256. The van der Waals surface area contributed by atoms with Crippen LogP contribution >= 0.6 is 0 Å². The number of nitrogens with zero attached hydrogens (tertiary/aromatic N) is 1. The first-order valence-electron chi connectivity index (χ1n) is 5.83. The van der Waals surface area contributed by atoms with Crippen molar-refractivity contribution in [3.8, 4) is 0 Å². The van der Waals surface area contributed by atoms with Crippen LogP contribution in [0, 0.1) is 0 Å². The van der Waals surface area contributed by atoms with Gasteiger partial charge in [-0.15, -0.1) is 0 Å². The van der Waals surface area contributed by atoms with Gasteiger partial charge in [0.1, 0.15) is 0 Å². The summed E-state index contributed by atoms with van der Waals surface area (Å²) in [5, 5.41) is 20.8. The van der Waals surface area contributed by atoms with E-state index in [1.165, 1.54) is 4.90 Å². The van der Waals surface area contributed by atoms with Crippen LogP contribution in [0.4, 0.5) is 0 Å². The van der Waals surface area contributed by atoms with Gasteiger partial charge < -0.3 is 19.8 Å². The molecule has 0 amide bonds. The van der Waals surface area contributed by atoms with Crippen LogP contribution in [0.15, 0.2) is 12.2 Å². The molecule has 0 aliphatic heterocycles. The summed E-state index contributed by atoms with van der Waals surface area (Å²) < 4.78 is 0. The minimum absolute atomic E-state index is 0. The van der Waals surface area contributed by atoms with Gasteiger partial charge in [0.25, 0.3) is 0 Å². The van der Waals surface area contributed by atoms with E-state index in [9.17, 15) is 19.8 Å². The maximum Gasteiger partial charge on any atom is 1.00 e. The van der Waals surface area contributed by atoms with Gasteiger partial charge in [-0.2, -0.15) is 0 Å². The number of allylic oxidation sites excluding steroid dienone is 2. The molecule has 98 valence electrons. The fourth-order valence-corrected chi connectivity index (χ4v) is 1.41. The van der Waals surface area contributed by atoms with Crippen molar-refractivity contribution in [2.75, 3.05) is 19.6 Å². The normalized spacial score (nSPS) is 10.0. The maximum atomic E-state index is 10.4. The third-order valence-electron chi connectivity index (χ3n) is 2.17. The number of hydrogen-bond acceptors (Lipinski definition) is 5. The zero-order chi connectivity index (χ0) is 13.1. The molecule has 5 nitrogen and oxygen atoms in total. The van der Waals surface area contributed by atoms with E-state index >= 15 is 0 Å². The van der Waals surface area contributed by atoms with Gasteiger partial charge in [-0.05, 0) is 25.8 Å². The van der Waals surface area contributed by atoms with Gasteiger partial charge in [-0.25, -0.2) is 0 Å². The van der Waals surface area contributed by atoms with E-state index in [0.29, 0.717) is 6.54 Å². The van der Waals surface area contributed by atoms with Gasteiger partial charge in [0, 0.05) is 13.1 Å². The van der Waals surface area contributed by atoms with Gasteiger partial charge in [0.05, 0.1) is 11.9 Å². The van der Waals surface area contributed by atoms with E-state index in [1.54, 1.807) is 0 Å². The molecule has 19 heavy (non-hydrogen) atoms. The molecule has 0 atom stereocenters. The second-order valence-corrected chi connectivity index (χ2v) is 3.86. The van der Waals surface area contributed by atoms with Crippen molar-refractivity contribution in [2.45, 2.75) is 32.6 Å². The van der Waals surface area contributed by atoms with E-state index < -0.39 is 11.9 Å². The van der Waals surface area contributed by atoms with E-state index in [4.69, 9.17) is 0 Å². The number of aliphatic carboxylic acids is 2. The topological polar surface area (TPSA) is 83.5 Å². The predicted octanol–water partition coefficient (Wildman–Crippen LogP) is -7.07. The van der Waals surface area contributed by atoms with Crippen LogP contribution in [0.2, 0.25) is 0 Å². The molecular weight excluding hydrogens is 300 g/mol. The summed E-state index contributed by atoms with van der Waals surface area (Å²) >= 11 is 0. The van der Waals surface area contributed by atoms with E-state index in [-0.39, 0.29) is 116 Å². The second kappa shape index (κ2) is 18.0. The summed E-state index contributed by atoms with van der Waals surface area (Å²) in [7, 11) is 0. The molecule has 0 radical (unpaired) electrons. The molecule has 0 aromatic heterocycles. The monoisotopic (exact) mass is 319 g/mol. The first kappa shape index (κ1) is 25.8. The molecule has 0 saturated carbocycles. The predicted molar refractivity (Wildman–Crippen MR) is 59.7 cm³/mol. The van der Waals surface area contributed by atoms with Gasteiger partial charge in [-0.1, -0.05) is 25.5 Å². The molecule has 0 unspecified atom stereocenters. The van der Waals surface area contributed by atoms with Gasteiger partial charge >= 0.3 is 103 Å². The Morgan fingerprint density at radius 2 is 1.47 bits per heavy atom. The second-order valence-electron chi connectivity index (χ2n) is 3.86. The van der Waals surface area contributed by atoms with Gasteiger partial charge in [-0.3, -0.25) is 4.90 Å². The number of hydrogen-bond donors (Lipinski definition) is 0. The minimum atomic E-state index is -1.27. The molecule has 0 aromatic carbocycles. The summed E-state index contributed by atoms with van der Waals surface area (Å²) in [5.41, 5.74) is 0. The molecule has 0 aromatic rings. The first-order valence-corrected chi connectivity index (χ1v) is 5.83. The van der Waals surface area contributed by atoms with Gasteiger partial charge in [0.15, 0.2) is 0 Å². The van der Waals surface area contributed by atoms with Crippen LogP contribution in [0.5, 0.6) is 0 Å². The Balaban J connectivity index is -0.00000128. The molecule has 0 bridgehead atoms. The SMILES string of the molecule is CCC/C=C/CCCN(CC(=O)[O-])CC(=O)[O-].[K+].[K+]. The Morgan fingerprint density at radius 3 is 1.89 bits per heavy atom. The van der Waals surface area contributed by atoms with E-state index in [0.717, 1.165) is 25.7 Å². The van der Waals surface area contributed by atoms with Crippen LogP contribution in [-0.4, -0.2) is 36.5 Å². The van der Waals surface area contributed by atoms with Crippen LogP contribution < -0.4 is 113 Å². The summed E-state index contributed by atoms with van der Waals surface area (Å²) in [6.07, 6.45) is 7.76. The summed E-state index contributed by atoms with van der Waals surface area (Å²) in [4.78, 5) is 22.1. The molecule has 0 aliphatic rings. The Labute approximate surface area is 200 Å². The Hall–Kier alpha value is 1.91. The molecule has 0 heterocycles. The third-order valence-corrected chi connectivity index (χ3v) is 2.17. The largest absolute Gasteiger partial charge is 1.00 e. The molecule has 0 rings (SSSR count). The zero-order valence-corrected chi connectivity index (χ0v) is 18.4. The molecule has 7 heteroatoms. The molecule has 0 fully saturated rings. The van der Waals surface area contributed by atoms with Gasteiger partial charge in [0.2, 0.25) is 0 Å². The van der Waals surface area contributed by atoms with Crippen molar-refractivity contribution >= 4 is 11.9 Å². The van der Waals surface area contributed by atoms with Crippen LogP contribution in [0.1, 0.15) is 32.6 Å². The quantitative estimate of drug-likeness (QED) is 0.227. The van der Waals surface area contributed by atoms with Crippen molar-refractivity contribution < 1.29 is 123 Å². The van der Waals surface area contributed by atoms with Crippen molar-refractivity contribution in [3.05, 3.63) is 12.2 Å². The van der Waals surface area contributed by atoms with Crippen LogP contribution in [0.25, 0.3) is 0 Å². The van der Waals surface area contributed by atoms with Crippen molar-refractivity contribution in [1.29, 1.82) is 0 Å². The zero-order valence-electron chi connectivity index (χ0n) is 12.2. The first-order chi connectivity index (χ1) is 8.06. The summed E-state index contributed by atoms with van der Waals surface area (Å²) in [6, 6.07) is 0. The Morgan fingerprint density at radius 1 is 1.00 bits per heavy atom. The van der Waals surface area contributed by atoms with Crippen molar-refractivity contribution in [2.24, 2.45) is 0 Å². The third kappa shape index (κ3) is 19.9. The number of unbranched alkanes of at least 4 members (excludes halogenated alkanes) is 2. The number of carbonyl (C=O) groups excluding carboxylic acids is 2. The Kier molecular flexibility index (Phi) is 24.4. The number of carboxylic acid groups (broad SMARTS) is 2. The van der Waals surface area contributed by atoms with Crippen LogP contribution in [0.3, 0.4) is 0 Å². The van der Waals surface area contributed by atoms with E-state index in [2.05, 4.69) is 13.0 Å².